The predicted molar refractivity (Wildman–Crippen MR) is 57.9 cm³/mol. The van der Waals surface area contributed by atoms with Crippen LogP contribution in [0.5, 0.6) is 0 Å². The van der Waals surface area contributed by atoms with Crippen molar-refractivity contribution >= 4 is 5.91 Å². The monoisotopic (exact) mass is 326 g/mol. The maximum Gasteiger partial charge on any atom is 0.222 e. The van der Waals surface area contributed by atoms with Crippen LogP contribution in [-0.2, 0) is 4.79 Å². The molecule has 0 radical (unpaired) electrons. The van der Waals surface area contributed by atoms with Crippen LogP contribution in [0.15, 0.2) is 0 Å². The highest BCUT2D eigenvalue weighted by molar-refractivity contribution is 5.75. The summed E-state index contributed by atoms with van der Waals surface area (Å²) in [6.45, 7) is 9.58. The van der Waals surface area contributed by atoms with Gasteiger partial charge in [0.05, 0.1) is 33.2 Å². The highest BCUT2D eigenvalue weighted by Gasteiger charge is 2.25. The molecule has 0 aliphatic carbocycles. The van der Waals surface area contributed by atoms with Crippen LogP contribution in [0.2, 0.25) is 0 Å². The number of nitrogens with zero attached hydrogens (tertiary/aromatic N) is 2. The normalized spacial score (nSPS) is 26.7. The fourth-order valence-corrected chi connectivity index (χ4v) is 2.02. The molecular formula is C11H23IN2O. The maximum atomic E-state index is 11.5. The van der Waals surface area contributed by atoms with Crippen molar-refractivity contribution < 1.29 is 33.3 Å². The summed E-state index contributed by atoms with van der Waals surface area (Å²) in [5.41, 5.74) is 0. The first-order chi connectivity index (χ1) is 6.61. The van der Waals surface area contributed by atoms with Gasteiger partial charge in [0.1, 0.15) is 0 Å². The van der Waals surface area contributed by atoms with Crippen molar-refractivity contribution in [2.75, 3.05) is 39.8 Å². The number of halogens is 1. The lowest BCUT2D eigenvalue weighted by Gasteiger charge is -2.31. The number of amides is 1. The molecule has 0 aromatic rings. The first-order valence-electron chi connectivity index (χ1n) is 5.72. The molecule has 0 spiro atoms. The summed E-state index contributed by atoms with van der Waals surface area (Å²) in [6, 6.07) is 0. The van der Waals surface area contributed by atoms with E-state index in [1.165, 1.54) is 13.1 Å². The molecule has 0 saturated carbocycles. The summed E-state index contributed by atoms with van der Waals surface area (Å²) in [6.07, 6.45) is 1.80. The zero-order valence-electron chi connectivity index (χ0n) is 10.1. The minimum Gasteiger partial charge on any atom is -1.00 e. The molecule has 1 saturated heterocycles. The Morgan fingerprint density at radius 3 is 2.47 bits per heavy atom. The molecule has 90 valence electrons. The summed E-state index contributed by atoms with van der Waals surface area (Å²) < 4.78 is 1.12. The van der Waals surface area contributed by atoms with E-state index in [-0.39, 0.29) is 24.0 Å². The zero-order chi connectivity index (χ0) is 10.6. The number of carbonyl (C=O) groups excluding carboxylic acids is 1. The van der Waals surface area contributed by atoms with Crippen LogP contribution in [0.4, 0.5) is 0 Å². The van der Waals surface area contributed by atoms with Crippen molar-refractivity contribution in [2.24, 2.45) is 0 Å². The molecule has 3 nitrogen and oxygen atoms in total. The molecule has 0 aromatic carbocycles. The molecule has 0 N–H and O–H groups in total. The van der Waals surface area contributed by atoms with Gasteiger partial charge in [0, 0.05) is 19.4 Å². The van der Waals surface area contributed by atoms with Gasteiger partial charge in [0.25, 0.3) is 0 Å². The van der Waals surface area contributed by atoms with Gasteiger partial charge < -0.3 is 33.4 Å². The Labute approximate surface area is 110 Å². The molecule has 1 heterocycles. The lowest BCUT2D eigenvalue weighted by Crippen LogP contribution is -3.00. The Bertz CT molecular complexity index is 211. The molecule has 1 atom stereocenters. The van der Waals surface area contributed by atoms with E-state index < -0.39 is 0 Å². The number of carbonyl (C=O) groups is 1. The van der Waals surface area contributed by atoms with Crippen LogP contribution < -0.4 is 24.0 Å². The van der Waals surface area contributed by atoms with E-state index in [2.05, 4.69) is 14.0 Å². The van der Waals surface area contributed by atoms with Crippen molar-refractivity contribution in [2.45, 2.75) is 26.7 Å². The standard InChI is InChI=1S/C11H23N2O.HI/c1-4-11(14)12-7-6-9-13(3,5-2)10-8-12;/h4-10H2,1-3H3;1H/q+1;/p-1. The smallest absolute Gasteiger partial charge is 0.222 e. The lowest BCUT2D eigenvalue weighted by atomic mass is 10.3. The molecule has 1 rings (SSSR count). The molecule has 1 aliphatic heterocycles. The number of likely N-dealkylation sites (N-methyl/N-ethyl adjacent to an activating group) is 1. The molecule has 4 heteroatoms. The minimum absolute atomic E-state index is 0. The van der Waals surface area contributed by atoms with Crippen LogP contribution in [0.1, 0.15) is 26.7 Å². The van der Waals surface area contributed by atoms with Gasteiger partial charge in [0.2, 0.25) is 5.91 Å². The van der Waals surface area contributed by atoms with Gasteiger partial charge in [-0.15, -0.1) is 0 Å². The highest BCUT2D eigenvalue weighted by atomic mass is 127. The first-order valence-corrected chi connectivity index (χ1v) is 5.72. The van der Waals surface area contributed by atoms with Gasteiger partial charge in [-0.3, -0.25) is 4.79 Å². The highest BCUT2D eigenvalue weighted by Crippen LogP contribution is 2.10. The Morgan fingerprint density at radius 1 is 1.27 bits per heavy atom. The summed E-state index contributed by atoms with van der Waals surface area (Å²) in [5, 5.41) is 0. The largest absolute Gasteiger partial charge is 1.00 e. The molecule has 0 aromatic heterocycles. The van der Waals surface area contributed by atoms with Gasteiger partial charge in [-0.1, -0.05) is 6.92 Å². The van der Waals surface area contributed by atoms with Gasteiger partial charge in [-0.25, -0.2) is 0 Å². The van der Waals surface area contributed by atoms with Crippen molar-refractivity contribution in [1.29, 1.82) is 0 Å². The van der Waals surface area contributed by atoms with Crippen molar-refractivity contribution in [3.05, 3.63) is 0 Å². The summed E-state index contributed by atoms with van der Waals surface area (Å²) >= 11 is 0. The number of hydrogen-bond donors (Lipinski definition) is 0. The Morgan fingerprint density at radius 2 is 1.93 bits per heavy atom. The minimum atomic E-state index is 0. The van der Waals surface area contributed by atoms with Crippen LogP contribution in [0.3, 0.4) is 0 Å². The third kappa shape index (κ3) is 4.26. The van der Waals surface area contributed by atoms with E-state index in [4.69, 9.17) is 0 Å². The van der Waals surface area contributed by atoms with Gasteiger partial charge >= 0.3 is 0 Å². The lowest BCUT2D eigenvalue weighted by molar-refractivity contribution is -0.905. The summed E-state index contributed by atoms with van der Waals surface area (Å²) in [5.74, 6) is 0.314. The van der Waals surface area contributed by atoms with Crippen molar-refractivity contribution in [3.63, 3.8) is 0 Å². The molecule has 1 fully saturated rings. The SMILES string of the molecule is CCC(=O)N1CCC[N+](C)(CC)CC1.[I-]. The summed E-state index contributed by atoms with van der Waals surface area (Å²) in [7, 11) is 2.29. The van der Waals surface area contributed by atoms with E-state index >= 15 is 0 Å². The Kier molecular flexibility index (Phi) is 6.75. The number of hydrogen-bond acceptors (Lipinski definition) is 1. The molecule has 1 amide bonds. The van der Waals surface area contributed by atoms with E-state index in [0.717, 1.165) is 30.5 Å². The third-order valence-electron chi connectivity index (χ3n) is 3.45. The predicted octanol–water partition coefficient (Wildman–Crippen LogP) is -1.90. The van der Waals surface area contributed by atoms with Crippen LogP contribution in [0, 0.1) is 0 Å². The van der Waals surface area contributed by atoms with E-state index in [0.29, 0.717) is 12.3 Å². The summed E-state index contributed by atoms with van der Waals surface area (Å²) in [4.78, 5) is 13.6. The zero-order valence-corrected chi connectivity index (χ0v) is 12.3. The Hall–Kier alpha value is 0.160. The fourth-order valence-electron chi connectivity index (χ4n) is 2.02. The van der Waals surface area contributed by atoms with Crippen LogP contribution in [0.25, 0.3) is 0 Å². The number of rotatable bonds is 2. The third-order valence-corrected chi connectivity index (χ3v) is 3.45. The molecule has 1 unspecified atom stereocenters. The quantitative estimate of drug-likeness (QED) is 0.429. The van der Waals surface area contributed by atoms with Crippen molar-refractivity contribution in [3.8, 4) is 0 Å². The first kappa shape index (κ1) is 15.2. The average Bonchev–Trinajstić information content (AvgIpc) is 2.40. The van der Waals surface area contributed by atoms with Crippen molar-refractivity contribution in [1.82, 2.24) is 4.90 Å². The average molecular weight is 326 g/mol. The van der Waals surface area contributed by atoms with Crippen LogP contribution in [-0.4, -0.2) is 55.1 Å². The number of quaternary nitrogens is 1. The maximum absolute atomic E-state index is 11.5. The fraction of sp³-hybridized carbons (Fsp3) is 0.909. The van der Waals surface area contributed by atoms with E-state index in [9.17, 15) is 4.79 Å². The second-order valence-corrected chi connectivity index (χ2v) is 4.47. The second-order valence-electron chi connectivity index (χ2n) is 4.47. The molecular weight excluding hydrogens is 303 g/mol. The van der Waals surface area contributed by atoms with Crippen LogP contribution >= 0.6 is 0 Å². The van der Waals surface area contributed by atoms with E-state index in [1.54, 1.807) is 0 Å². The molecule has 0 bridgehead atoms. The second kappa shape index (κ2) is 6.68. The molecule has 1 aliphatic rings. The molecule has 15 heavy (non-hydrogen) atoms. The van der Waals surface area contributed by atoms with E-state index in [1.807, 2.05) is 11.8 Å². The van der Waals surface area contributed by atoms with Gasteiger partial charge in [-0.05, 0) is 6.92 Å². The topological polar surface area (TPSA) is 20.3 Å². The Balaban J connectivity index is 0.00000196. The van der Waals surface area contributed by atoms with Gasteiger partial charge in [-0.2, -0.15) is 0 Å². The van der Waals surface area contributed by atoms with Gasteiger partial charge in [0.15, 0.2) is 0 Å².